The van der Waals surface area contributed by atoms with Crippen molar-refractivity contribution in [3.63, 3.8) is 0 Å². The van der Waals surface area contributed by atoms with E-state index in [0.29, 0.717) is 0 Å². The molecule has 0 aliphatic rings. The number of ether oxygens (including phenoxy) is 1. The molecule has 110 valence electrons. The van der Waals surface area contributed by atoms with Crippen LogP contribution >= 0.6 is 0 Å². The second-order valence-electron chi connectivity index (χ2n) is 5.28. The third-order valence-corrected chi connectivity index (χ3v) is 3.88. The highest BCUT2D eigenvalue weighted by atomic mass is 16.5. The van der Waals surface area contributed by atoms with Crippen LogP contribution in [0.25, 0.3) is 11.0 Å². The van der Waals surface area contributed by atoms with Crippen LogP contribution in [0.2, 0.25) is 0 Å². The van der Waals surface area contributed by atoms with E-state index in [1.807, 2.05) is 6.07 Å². The van der Waals surface area contributed by atoms with Crippen molar-refractivity contribution in [3.05, 3.63) is 30.1 Å². The van der Waals surface area contributed by atoms with Gasteiger partial charge in [0, 0.05) is 26.6 Å². The van der Waals surface area contributed by atoms with Crippen molar-refractivity contribution < 1.29 is 4.74 Å². The Morgan fingerprint density at radius 3 is 2.75 bits per heavy atom. The van der Waals surface area contributed by atoms with Crippen LogP contribution in [0.15, 0.2) is 24.3 Å². The van der Waals surface area contributed by atoms with E-state index in [-0.39, 0.29) is 12.1 Å². The van der Waals surface area contributed by atoms with E-state index in [2.05, 4.69) is 49.0 Å². The fourth-order valence-corrected chi connectivity index (χ4v) is 2.47. The number of para-hydroxylation sites is 2. The Morgan fingerprint density at radius 1 is 1.35 bits per heavy atom. The monoisotopic (exact) mass is 275 g/mol. The lowest BCUT2D eigenvalue weighted by molar-refractivity contribution is 0.0822. The number of hydrogen-bond acceptors (Lipinski definition) is 3. The Labute approximate surface area is 121 Å². The highest BCUT2D eigenvalue weighted by molar-refractivity contribution is 5.75. The molecule has 0 amide bonds. The predicted molar refractivity (Wildman–Crippen MR) is 83.0 cm³/mol. The normalized spacial score (nSPS) is 14.6. The van der Waals surface area contributed by atoms with Crippen molar-refractivity contribution in [2.75, 3.05) is 13.7 Å². The van der Waals surface area contributed by atoms with Gasteiger partial charge in [-0.2, -0.15) is 0 Å². The first-order chi connectivity index (χ1) is 9.67. The summed E-state index contributed by atoms with van der Waals surface area (Å²) in [6.07, 6.45) is 2.16. The SMILES string of the molecule is CCCNC(Cc1nc2ccccc2n1C)C(C)OC. The third kappa shape index (κ3) is 3.19. The Bertz CT molecular complexity index is 550. The zero-order valence-electron chi connectivity index (χ0n) is 12.9. The number of imidazole rings is 1. The largest absolute Gasteiger partial charge is 0.380 e. The lowest BCUT2D eigenvalue weighted by Crippen LogP contribution is -2.42. The van der Waals surface area contributed by atoms with Gasteiger partial charge in [-0.3, -0.25) is 0 Å². The standard InChI is InChI=1S/C16H25N3O/c1-5-10-17-14(12(2)20-4)11-16-18-13-8-6-7-9-15(13)19(16)3/h6-9,12,14,17H,5,10-11H2,1-4H3. The molecule has 0 bridgehead atoms. The molecule has 0 saturated carbocycles. The van der Waals surface area contributed by atoms with Crippen LogP contribution in [-0.2, 0) is 18.2 Å². The van der Waals surface area contributed by atoms with Crippen LogP contribution in [-0.4, -0.2) is 35.4 Å². The molecule has 0 spiro atoms. The van der Waals surface area contributed by atoms with Crippen LogP contribution in [0.1, 0.15) is 26.1 Å². The van der Waals surface area contributed by atoms with Gasteiger partial charge in [-0.05, 0) is 32.0 Å². The van der Waals surface area contributed by atoms with Crippen molar-refractivity contribution in [1.82, 2.24) is 14.9 Å². The summed E-state index contributed by atoms with van der Waals surface area (Å²) in [5.41, 5.74) is 2.24. The molecule has 0 aliphatic carbocycles. The fourth-order valence-electron chi connectivity index (χ4n) is 2.47. The van der Waals surface area contributed by atoms with E-state index in [1.54, 1.807) is 7.11 Å². The Morgan fingerprint density at radius 2 is 2.10 bits per heavy atom. The van der Waals surface area contributed by atoms with Gasteiger partial charge in [0.2, 0.25) is 0 Å². The van der Waals surface area contributed by atoms with Crippen LogP contribution in [0.3, 0.4) is 0 Å². The van der Waals surface area contributed by atoms with Crippen molar-refractivity contribution >= 4 is 11.0 Å². The summed E-state index contributed by atoms with van der Waals surface area (Å²) in [7, 11) is 3.85. The van der Waals surface area contributed by atoms with E-state index in [9.17, 15) is 0 Å². The highest BCUT2D eigenvalue weighted by Gasteiger charge is 2.19. The summed E-state index contributed by atoms with van der Waals surface area (Å²) in [6, 6.07) is 8.55. The van der Waals surface area contributed by atoms with Gasteiger partial charge < -0.3 is 14.6 Å². The van der Waals surface area contributed by atoms with Gasteiger partial charge >= 0.3 is 0 Å². The summed E-state index contributed by atoms with van der Waals surface area (Å²) >= 11 is 0. The molecule has 0 saturated heterocycles. The maximum atomic E-state index is 5.50. The molecule has 2 unspecified atom stereocenters. The van der Waals surface area contributed by atoms with Crippen LogP contribution in [0.5, 0.6) is 0 Å². The molecule has 4 nitrogen and oxygen atoms in total. The molecule has 2 aromatic rings. The number of nitrogens with zero attached hydrogens (tertiary/aromatic N) is 2. The van der Waals surface area contributed by atoms with E-state index in [0.717, 1.165) is 30.7 Å². The smallest absolute Gasteiger partial charge is 0.111 e. The van der Waals surface area contributed by atoms with Gasteiger partial charge in [-0.15, -0.1) is 0 Å². The molecular formula is C16H25N3O. The van der Waals surface area contributed by atoms with Gasteiger partial charge in [0.15, 0.2) is 0 Å². The molecule has 4 heteroatoms. The summed E-state index contributed by atoms with van der Waals surface area (Å²) < 4.78 is 7.67. The number of fused-ring (bicyclic) bond motifs is 1. The van der Waals surface area contributed by atoms with Gasteiger partial charge in [-0.25, -0.2) is 4.98 Å². The van der Waals surface area contributed by atoms with Crippen molar-refractivity contribution in [2.45, 2.75) is 38.8 Å². The molecule has 20 heavy (non-hydrogen) atoms. The number of rotatable bonds is 7. The Hall–Kier alpha value is -1.39. The van der Waals surface area contributed by atoms with Gasteiger partial charge in [0.25, 0.3) is 0 Å². The molecular weight excluding hydrogens is 250 g/mol. The first-order valence-corrected chi connectivity index (χ1v) is 7.33. The molecule has 1 N–H and O–H groups in total. The fraction of sp³-hybridized carbons (Fsp3) is 0.562. The third-order valence-electron chi connectivity index (χ3n) is 3.88. The zero-order valence-corrected chi connectivity index (χ0v) is 12.9. The average Bonchev–Trinajstić information content (AvgIpc) is 2.79. The number of aryl methyl sites for hydroxylation is 1. The Balaban J connectivity index is 2.21. The topological polar surface area (TPSA) is 39.1 Å². The van der Waals surface area contributed by atoms with Gasteiger partial charge in [-0.1, -0.05) is 19.1 Å². The van der Waals surface area contributed by atoms with Crippen molar-refractivity contribution in [2.24, 2.45) is 7.05 Å². The first kappa shape index (κ1) is 15.0. The van der Waals surface area contributed by atoms with Crippen LogP contribution < -0.4 is 5.32 Å². The van der Waals surface area contributed by atoms with Crippen LogP contribution in [0.4, 0.5) is 0 Å². The number of hydrogen-bond donors (Lipinski definition) is 1. The lowest BCUT2D eigenvalue weighted by Gasteiger charge is -2.23. The number of nitrogens with one attached hydrogen (secondary N) is 1. The molecule has 0 fully saturated rings. The summed E-state index contributed by atoms with van der Waals surface area (Å²) in [5.74, 6) is 1.10. The first-order valence-electron chi connectivity index (χ1n) is 7.33. The quantitative estimate of drug-likeness (QED) is 0.844. The average molecular weight is 275 g/mol. The zero-order chi connectivity index (χ0) is 14.5. The molecule has 0 aliphatic heterocycles. The highest BCUT2D eigenvalue weighted by Crippen LogP contribution is 2.16. The molecule has 1 aromatic carbocycles. The minimum absolute atomic E-state index is 0.168. The summed E-state index contributed by atoms with van der Waals surface area (Å²) in [4.78, 5) is 4.74. The number of methoxy groups -OCH3 is 1. The second-order valence-corrected chi connectivity index (χ2v) is 5.28. The molecule has 0 radical (unpaired) electrons. The summed E-state index contributed by atoms with van der Waals surface area (Å²) in [6.45, 7) is 5.29. The van der Waals surface area contributed by atoms with Gasteiger partial charge in [0.1, 0.15) is 5.82 Å². The van der Waals surface area contributed by atoms with Gasteiger partial charge in [0.05, 0.1) is 17.1 Å². The van der Waals surface area contributed by atoms with E-state index in [1.165, 1.54) is 5.52 Å². The second kappa shape index (κ2) is 6.86. The van der Waals surface area contributed by atoms with Crippen molar-refractivity contribution in [3.8, 4) is 0 Å². The molecule has 1 heterocycles. The lowest BCUT2D eigenvalue weighted by atomic mass is 10.1. The van der Waals surface area contributed by atoms with E-state index >= 15 is 0 Å². The number of benzene rings is 1. The van der Waals surface area contributed by atoms with Crippen molar-refractivity contribution in [1.29, 1.82) is 0 Å². The van der Waals surface area contributed by atoms with E-state index in [4.69, 9.17) is 9.72 Å². The maximum Gasteiger partial charge on any atom is 0.111 e. The number of aromatic nitrogens is 2. The molecule has 1 aromatic heterocycles. The Kier molecular flexibility index (Phi) is 5.15. The predicted octanol–water partition coefficient (Wildman–Crippen LogP) is 2.52. The minimum atomic E-state index is 0.168. The molecule has 2 atom stereocenters. The summed E-state index contributed by atoms with van der Waals surface area (Å²) in [5, 5.41) is 3.56. The van der Waals surface area contributed by atoms with E-state index < -0.39 is 0 Å². The molecule has 2 rings (SSSR count). The minimum Gasteiger partial charge on any atom is -0.380 e. The maximum absolute atomic E-state index is 5.50. The van der Waals surface area contributed by atoms with Crippen LogP contribution in [0, 0.1) is 0 Å².